The number of hydrogen-bond acceptors (Lipinski definition) is 4. The molecule has 1 aliphatic carbocycles. The molecule has 164 valence electrons. The SMILES string of the molecule is COc1ccc(Cl)cc1C(=O)N1CCC(N(CCN2CCCCC2)C(=O)C2CC2)C1. The highest BCUT2D eigenvalue weighted by Gasteiger charge is 2.39. The molecule has 2 amide bonds. The third-order valence-corrected chi connectivity index (χ3v) is 6.83. The van der Waals surface area contributed by atoms with E-state index in [2.05, 4.69) is 9.80 Å². The summed E-state index contributed by atoms with van der Waals surface area (Å²) in [6, 6.07) is 5.21. The number of rotatable bonds is 7. The molecule has 1 atom stereocenters. The van der Waals surface area contributed by atoms with Crippen molar-refractivity contribution in [3.05, 3.63) is 28.8 Å². The lowest BCUT2D eigenvalue weighted by atomic mass is 10.1. The third-order valence-electron chi connectivity index (χ3n) is 6.60. The van der Waals surface area contributed by atoms with Gasteiger partial charge in [-0.3, -0.25) is 9.59 Å². The van der Waals surface area contributed by atoms with E-state index in [4.69, 9.17) is 16.3 Å². The summed E-state index contributed by atoms with van der Waals surface area (Å²) in [5.74, 6) is 0.936. The van der Waals surface area contributed by atoms with Crippen molar-refractivity contribution < 1.29 is 14.3 Å². The van der Waals surface area contributed by atoms with Gasteiger partial charge in [-0.1, -0.05) is 18.0 Å². The van der Waals surface area contributed by atoms with Gasteiger partial charge in [0.2, 0.25) is 5.91 Å². The molecule has 0 radical (unpaired) electrons. The van der Waals surface area contributed by atoms with Crippen molar-refractivity contribution >= 4 is 23.4 Å². The van der Waals surface area contributed by atoms with Crippen LogP contribution in [0.1, 0.15) is 48.9 Å². The van der Waals surface area contributed by atoms with Gasteiger partial charge in [0.25, 0.3) is 5.91 Å². The molecule has 2 aliphatic heterocycles. The summed E-state index contributed by atoms with van der Waals surface area (Å²) in [4.78, 5) is 32.6. The van der Waals surface area contributed by atoms with E-state index in [9.17, 15) is 9.59 Å². The first-order valence-electron chi connectivity index (χ1n) is 11.2. The number of piperidine rings is 1. The van der Waals surface area contributed by atoms with Crippen molar-refractivity contribution in [2.45, 2.75) is 44.6 Å². The number of carbonyl (C=O) groups excluding carboxylic acids is 2. The van der Waals surface area contributed by atoms with Crippen molar-refractivity contribution in [1.29, 1.82) is 0 Å². The number of methoxy groups -OCH3 is 1. The van der Waals surface area contributed by atoms with Crippen LogP contribution in [0.25, 0.3) is 0 Å². The zero-order valence-corrected chi connectivity index (χ0v) is 18.6. The molecule has 1 aromatic carbocycles. The molecule has 6 nitrogen and oxygen atoms in total. The van der Waals surface area contributed by atoms with Gasteiger partial charge in [0.1, 0.15) is 5.75 Å². The van der Waals surface area contributed by atoms with E-state index in [1.165, 1.54) is 19.3 Å². The van der Waals surface area contributed by atoms with Crippen LogP contribution in [0.4, 0.5) is 0 Å². The first-order valence-corrected chi connectivity index (χ1v) is 11.6. The lowest BCUT2D eigenvalue weighted by Crippen LogP contribution is -2.47. The highest BCUT2D eigenvalue weighted by atomic mass is 35.5. The van der Waals surface area contributed by atoms with Crippen LogP contribution in [0, 0.1) is 5.92 Å². The Morgan fingerprint density at radius 2 is 1.90 bits per heavy atom. The Bertz CT molecular complexity index is 777. The van der Waals surface area contributed by atoms with E-state index in [1.807, 2.05) is 4.90 Å². The summed E-state index contributed by atoms with van der Waals surface area (Å²) in [7, 11) is 1.56. The number of benzene rings is 1. The standard InChI is InChI=1S/C23H32ClN3O3/c1-30-21-8-7-18(24)15-20(21)23(29)26-12-9-19(16-26)27(22(28)17-5-6-17)14-13-25-10-3-2-4-11-25/h7-8,15,17,19H,2-6,9-14,16H2,1H3. The summed E-state index contributed by atoms with van der Waals surface area (Å²) >= 11 is 6.12. The number of halogens is 1. The summed E-state index contributed by atoms with van der Waals surface area (Å²) < 4.78 is 5.36. The monoisotopic (exact) mass is 433 g/mol. The van der Waals surface area contributed by atoms with Crippen LogP contribution in [0.15, 0.2) is 18.2 Å². The summed E-state index contributed by atoms with van der Waals surface area (Å²) in [6.45, 7) is 5.20. The average Bonchev–Trinajstić information content (AvgIpc) is 3.51. The van der Waals surface area contributed by atoms with Gasteiger partial charge in [-0.2, -0.15) is 0 Å². The minimum absolute atomic E-state index is 0.0771. The molecule has 3 aliphatic rings. The van der Waals surface area contributed by atoms with Gasteiger partial charge in [-0.25, -0.2) is 0 Å². The first kappa shape index (κ1) is 21.4. The maximum atomic E-state index is 13.1. The lowest BCUT2D eigenvalue weighted by molar-refractivity contribution is -0.135. The van der Waals surface area contributed by atoms with Crippen molar-refractivity contribution in [2.24, 2.45) is 5.92 Å². The molecular formula is C23H32ClN3O3. The minimum atomic E-state index is -0.0771. The van der Waals surface area contributed by atoms with Crippen molar-refractivity contribution in [1.82, 2.24) is 14.7 Å². The molecule has 0 spiro atoms. The van der Waals surface area contributed by atoms with Gasteiger partial charge in [0, 0.05) is 37.1 Å². The summed E-state index contributed by atoms with van der Waals surface area (Å²) in [5.41, 5.74) is 0.485. The lowest BCUT2D eigenvalue weighted by Gasteiger charge is -2.33. The Kier molecular flexibility index (Phi) is 6.84. The molecular weight excluding hydrogens is 402 g/mol. The molecule has 30 heavy (non-hydrogen) atoms. The van der Waals surface area contributed by atoms with E-state index >= 15 is 0 Å². The predicted octanol–water partition coefficient (Wildman–Crippen LogP) is 3.29. The molecule has 0 aromatic heterocycles. The molecule has 1 unspecified atom stereocenters. The van der Waals surface area contributed by atoms with E-state index in [0.29, 0.717) is 29.4 Å². The van der Waals surface area contributed by atoms with Crippen LogP contribution >= 0.6 is 11.6 Å². The van der Waals surface area contributed by atoms with Gasteiger partial charge in [0.15, 0.2) is 0 Å². The summed E-state index contributed by atoms with van der Waals surface area (Å²) in [6.07, 6.45) is 6.66. The minimum Gasteiger partial charge on any atom is -0.496 e. The number of hydrogen-bond donors (Lipinski definition) is 0. The molecule has 1 aromatic rings. The van der Waals surface area contributed by atoms with Crippen molar-refractivity contribution in [2.75, 3.05) is 46.4 Å². The normalized spacial score (nSPS) is 22.2. The molecule has 2 saturated heterocycles. The Morgan fingerprint density at radius 3 is 2.60 bits per heavy atom. The largest absolute Gasteiger partial charge is 0.496 e. The van der Waals surface area contributed by atoms with E-state index in [1.54, 1.807) is 25.3 Å². The van der Waals surface area contributed by atoms with Crippen LogP contribution in [-0.4, -0.2) is 78.9 Å². The van der Waals surface area contributed by atoms with E-state index in [-0.39, 0.29) is 23.8 Å². The van der Waals surface area contributed by atoms with E-state index in [0.717, 1.165) is 45.4 Å². The maximum Gasteiger partial charge on any atom is 0.257 e. The van der Waals surface area contributed by atoms with Gasteiger partial charge in [-0.05, 0) is 63.4 Å². The fraction of sp³-hybridized carbons (Fsp3) is 0.652. The Labute approximate surface area is 184 Å². The zero-order chi connectivity index (χ0) is 21.1. The van der Waals surface area contributed by atoms with Crippen LogP contribution in [0.2, 0.25) is 5.02 Å². The topological polar surface area (TPSA) is 53.1 Å². The highest BCUT2D eigenvalue weighted by molar-refractivity contribution is 6.31. The van der Waals surface area contributed by atoms with Crippen LogP contribution in [0.5, 0.6) is 5.75 Å². The van der Waals surface area contributed by atoms with Crippen molar-refractivity contribution in [3.8, 4) is 5.75 Å². The average molecular weight is 434 g/mol. The molecule has 3 fully saturated rings. The zero-order valence-electron chi connectivity index (χ0n) is 17.8. The number of carbonyl (C=O) groups is 2. The first-order chi connectivity index (χ1) is 14.6. The second kappa shape index (κ2) is 9.56. The van der Waals surface area contributed by atoms with Gasteiger partial charge in [-0.15, -0.1) is 0 Å². The second-order valence-electron chi connectivity index (χ2n) is 8.75. The van der Waals surface area contributed by atoms with Gasteiger partial charge >= 0.3 is 0 Å². The Hall–Kier alpha value is -1.79. The van der Waals surface area contributed by atoms with Crippen LogP contribution in [-0.2, 0) is 4.79 Å². The highest BCUT2D eigenvalue weighted by Crippen LogP contribution is 2.33. The van der Waals surface area contributed by atoms with Crippen molar-refractivity contribution in [3.63, 3.8) is 0 Å². The number of nitrogens with zero attached hydrogens (tertiary/aromatic N) is 3. The molecule has 1 saturated carbocycles. The Balaban J connectivity index is 1.42. The fourth-order valence-electron chi connectivity index (χ4n) is 4.67. The smallest absolute Gasteiger partial charge is 0.257 e. The quantitative estimate of drug-likeness (QED) is 0.662. The molecule has 7 heteroatoms. The van der Waals surface area contributed by atoms with Gasteiger partial charge < -0.3 is 19.4 Å². The molecule has 0 N–H and O–H groups in total. The maximum absolute atomic E-state index is 13.1. The molecule has 4 rings (SSSR count). The molecule has 2 heterocycles. The number of ether oxygens (including phenoxy) is 1. The van der Waals surface area contributed by atoms with Crippen LogP contribution in [0.3, 0.4) is 0 Å². The van der Waals surface area contributed by atoms with Gasteiger partial charge in [0.05, 0.1) is 18.7 Å². The fourth-order valence-corrected chi connectivity index (χ4v) is 4.84. The number of amides is 2. The second-order valence-corrected chi connectivity index (χ2v) is 9.18. The third kappa shape index (κ3) is 4.92. The van der Waals surface area contributed by atoms with Crippen LogP contribution < -0.4 is 4.74 Å². The Morgan fingerprint density at radius 1 is 1.13 bits per heavy atom. The molecule has 0 bridgehead atoms. The predicted molar refractivity (Wildman–Crippen MR) is 117 cm³/mol. The summed E-state index contributed by atoms with van der Waals surface area (Å²) in [5, 5.41) is 0.516. The number of likely N-dealkylation sites (tertiary alicyclic amines) is 2. The van der Waals surface area contributed by atoms with E-state index < -0.39 is 0 Å².